The molecule has 0 spiro atoms. The van der Waals surface area contributed by atoms with Gasteiger partial charge in [-0.3, -0.25) is 4.79 Å². The van der Waals surface area contributed by atoms with E-state index in [1.54, 1.807) is 18.2 Å². The Morgan fingerprint density at radius 3 is 2.56 bits per heavy atom. The largest absolute Gasteiger partial charge is 0.444 e. The molecule has 0 radical (unpaired) electrons. The van der Waals surface area contributed by atoms with Crippen LogP contribution in [0.15, 0.2) is 22.7 Å². The SMILES string of the molecule is CC(C)(C)OC(=O)NCC1CCN(C(=O)c2cccc(Cl)c2Br)CC1. The highest BCUT2D eigenvalue weighted by Crippen LogP contribution is 2.28. The fourth-order valence-electron chi connectivity index (χ4n) is 2.72. The Labute approximate surface area is 162 Å². The highest BCUT2D eigenvalue weighted by Gasteiger charge is 2.26. The average Bonchev–Trinajstić information content (AvgIpc) is 2.54. The predicted octanol–water partition coefficient (Wildman–Crippen LogP) is 4.48. The zero-order valence-electron chi connectivity index (χ0n) is 14.8. The number of ether oxygens (including phenoxy) is 1. The molecule has 0 unspecified atom stereocenters. The number of nitrogens with zero attached hydrogens (tertiary/aromatic N) is 1. The second-order valence-electron chi connectivity index (χ2n) is 7.22. The number of piperidine rings is 1. The van der Waals surface area contributed by atoms with Crippen LogP contribution in [0.2, 0.25) is 5.02 Å². The van der Waals surface area contributed by atoms with Crippen molar-refractivity contribution in [2.75, 3.05) is 19.6 Å². The maximum absolute atomic E-state index is 12.6. The van der Waals surface area contributed by atoms with Crippen molar-refractivity contribution in [1.82, 2.24) is 10.2 Å². The Kier molecular flexibility index (Phi) is 6.74. The van der Waals surface area contributed by atoms with Gasteiger partial charge >= 0.3 is 6.09 Å². The lowest BCUT2D eigenvalue weighted by molar-refractivity contribution is 0.0500. The summed E-state index contributed by atoms with van der Waals surface area (Å²) in [4.78, 5) is 26.2. The topological polar surface area (TPSA) is 58.6 Å². The summed E-state index contributed by atoms with van der Waals surface area (Å²) >= 11 is 9.45. The van der Waals surface area contributed by atoms with E-state index < -0.39 is 11.7 Å². The lowest BCUT2D eigenvalue weighted by Crippen LogP contribution is -2.42. The van der Waals surface area contributed by atoms with Crippen LogP contribution in [0, 0.1) is 5.92 Å². The summed E-state index contributed by atoms with van der Waals surface area (Å²) in [7, 11) is 0. The van der Waals surface area contributed by atoms with Crippen LogP contribution in [0.1, 0.15) is 44.0 Å². The number of amides is 2. The minimum absolute atomic E-state index is 0.0204. The maximum Gasteiger partial charge on any atom is 0.407 e. The van der Waals surface area contributed by atoms with E-state index in [9.17, 15) is 9.59 Å². The third-order valence-corrected chi connectivity index (χ3v) is 5.42. The molecular formula is C18H24BrClN2O3. The summed E-state index contributed by atoms with van der Waals surface area (Å²) in [6.07, 6.45) is 1.30. The Morgan fingerprint density at radius 1 is 1.32 bits per heavy atom. The summed E-state index contributed by atoms with van der Waals surface area (Å²) in [5.74, 6) is 0.326. The number of carbonyl (C=O) groups excluding carboxylic acids is 2. The molecule has 1 aliphatic rings. The molecule has 0 aliphatic carbocycles. The highest BCUT2D eigenvalue weighted by molar-refractivity contribution is 9.10. The van der Waals surface area contributed by atoms with E-state index in [0.717, 1.165) is 12.8 Å². The minimum atomic E-state index is -0.496. The van der Waals surface area contributed by atoms with Gasteiger partial charge < -0.3 is 15.0 Å². The number of hydrogen-bond acceptors (Lipinski definition) is 3. The molecule has 0 bridgehead atoms. The van der Waals surface area contributed by atoms with Crippen molar-refractivity contribution in [2.24, 2.45) is 5.92 Å². The molecule has 0 atom stereocenters. The molecule has 1 fully saturated rings. The summed E-state index contributed by atoms with van der Waals surface area (Å²) in [6, 6.07) is 5.29. The number of halogens is 2. The minimum Gasteiger partial charge on any atom is -0.444 e. The molecule has 0 saturated carbocycles. The lowest BCUT2D eigenvalue weighted by Gasteiger charge is -2.32. The monoisotopic (exact) mass is 430 g/mol. The fraction of sp³-hybridized carbons (Fsp3) is 0.556. The van der Waals surface area contributed by atoms with Crippen LogP contribution in [0.5, 0.6) is 0 Å². The molecule has 1 heterocycles. The van der Waals surface area contributed by atoms with Crippen molar-refractivity contribution < 1.29 is 14.3 Å². The Hall–Kier alpha value is -1.27. The average molecular weight is 432 g/mol. The van der Waals surface area contributed by atoms with Crippen LogP contribution >= 0.6 is 27.5 Å². The second-order valence-corrected chi connectivity index (χ2v) is 8.42. The van der Waals surface area contributed by atoms with Crippen molar-refractivity contribution >= 4 is 39.5 Å². The van der Waals surface area contributed by atoms with E-state index in [2.05, 4.69) is 21.2 Å². The second kappa shape index (κ2) is 8.41. The third kappa shape index (κ3) is 5.89. The zero-order valence-corrected chi connectivity index (χ0v) is 17.1. The molecule has 0 aromatic heterocycles. The number of rotatable bonds is 3. The summed E-state index contributed by atoms with van der Waals surface area (Å²) in [5, 5.41) is 3.34. The Balaban J connectivity index is 1.82. The van der Waals surface area contributed by atoms with Gasteiger partial charge in [0.05, 0.1) is 10.6 Å². The van der Waals surface area contributed by atoms with Crippen molar-refractivity contribution in [1.29, 1.82) is 0 Å². The molecule has 1 aromatic rings. The molecule has 7 heteroatoms. The number of nitrogens with one attached hydrogen (secondary N) is 1. The highest BCUT2D eigenvalue weighted by atomic mass is 79.9. The molecule has 1 N–H and O–H groups in total. The van der Waals surface area contributed by atoms with Crippen molar-refractivity contribution in [3.63, 3.8) is 0 Å². The number of alkyl carbamates (subject to hydrolysis) is 1. The van der Waals surface area contributed by atoms with E-state index in [0.29, 0.717) is 40.6 Å². The number of carbonyl (C=O) groups is 2. The van der Waals surface area contributed by atoms with Crippen LogP contribution in [0.25, 0.3) is 0 Å². The summed E-state index contributed by atoms with van der Waals surface area (Å²) in [6.45, 7) is 7.41. The normalized spacial score (nSPS) is 15.8. The van der Waals surface area contributed by atoms with Gasteiger partial charge in [0.25, 0.3) is 5.91 Å². The van der Waals surface area contributed by atoms with Crippen molar-refractivity contribution in [2.45, 2.75) is 39.2 Å². The Morgan fingerprint density at radius 2 is 1.96 bits per heavy atom. The van der Waals surface area contributed by atoms with Gasteiger partial charge in [0.15, 0.2) is 0 Å². The number of hydrogen-bond donors (Lipinski definition) is 1. The van der Waals surface area contributed by atoms with Gasteiger partial charge in [-0.2, -0.15) is 0 Å². The Bertz CT molecular complexity index is 638. The van der Waals surface area contributed by atoms with Crippen LogP contribution in [0.4, 0.5) is 4.79 Å². The molecule has 2 amide bonds. The molecule has 138 valence electrons. The van der Waals surface area contributed by atoms with Crippen LogP contribution in [-0.4, -0.2) is 42.1 Å². The fourth-order valence-corrected chi connectivity index (χ4v) is 3.33. The first-order valence-corrected chi connectivity index (χ1v) is 9.54. The van der Waals surface area contributed by atoms with E-state index in [1.807, 2.05) is 25.7 Å². The summed E-state index contributed by atoms with van der Waals surface area (Å²) in [5.41, 5.74) is 0.0855. The van der Waals surface area contributed by atoms with Gasteiger partial charge in [-0.25, -0.2) is 4.79 Å². The van der Waals surface area contributed by atoms with E-state index >= 15 is 0 Å². The van der Waals surface area contributed by atoms with Crippen molar-refractivity contribution in [3.8, 4) is 0 Å². The molecule has 5 nitrogen and oxygen atoms in total. The molecule has 1 aliphatic heterocycles. The standard InChI is InChI=1S/C18H24BrClN2O3/c1-18(2,3)25-17(24)21-11-12-7-9-22(10-8-12)16(23)13-5-4-6-14(20)15(13)19/h4-6,12H,7-11H2,1-3H3,(H,21,24). The first kappa shape index (κ1) is 20.0. The number of benzene rings is 1. The van der Waals surface area contributed by atoms with Crippen LogP contribution in [0.3, 0.4) is 0 Å². The van der Waals surface area contributed by atoms with Gasteiger partial charge in [0.2, 0.25) is 0 Å². The number of likely N-dealkylation sites (tertiary alicyclic amines) is 1. The van der Waals surface area contributed by atoms with Gasteiger partial charge in [0, 0.05) is 24.1 Å². The van der Waals surface area contributed by atoms with E-state index in [-0.39, 0.29) is 5.91 Å². The van der Waals surface area contributed by atoms with E-state index in [4.69, 9.17) is 16.3 Å². The van der Waals surface area contributed by atoms with Gasteiger partial charge in [-0.05, 0) is 67.6 Å². The smallest absolute Gasteiger partial charge is 0.407 e. The van der Waals surface area contributed by atoms with Gasteiger partial charge in [-0.1, -0.05) is 17.7 Å². The molecule has 2 rings (SSSR count). The maximum atomic E-state index is 12.6. The van der Waals surface area contributed by atoms with Crippen molar-refractivity contribution in [3.05, 3.63) is 33.3 Å². The van der Waals surface area contributed by atoms with E-state index in [1.165, 1.54) is 0 Å². The van der Waals surface area contributed by atoms with Crippen LogP contribution in [-0.2, 0) is 4.74 Å². The first-order chi connectivity index (χ1) is 11.7. The third-order valence-electron chi connectivity index (χ3n) is 4.02. The lowest BCUT2D eigenvalue weighted by atomic mass is 9.96. The quantitative estimate of drug-likeness (QED) is 0.767. The predicted molar refractivity (Wildman–Crippen MR) is 102 cm³/mol. The first-order valence-electron chi connectivity index (χ1n) is 8.37. The van der Waals surface area contributed by atoms with Gasteiger partial charge in [-0.15, -0.1) is 0 Å². The molecule has 25 heavy (non-hydrogen) atoms. The zero-order chi connectivity index (χ0) is 18.6. The molecular weight excluding hydrogens is 408 g/mol. The summed E-state index contributed by atoms with van der Waals surface area (Å²) < 4.78 is 5.87. The van der Waals surface area contributed by atoms with Crippen LogP contribution < -0.4 is 5.32 Å². The van der Waals surface area contributed by atoms with Gasteiger partial charge in [0.1, 0.15) is 5.60 Å². The molecule has 1 saturated heterocycles. The molecule has 1 aromatic carbocycles.